The van der Waals surface area contributed by atoms with Gasteiger partial charge in [-0.3, -0.25) is 4.72 Å². The van der Waals surface area contributed by atoms with Gasteiger partial charge < -0.3 is 0 Å². The Morgan fingerprint density at radius 3 is 2.32 bits per heavy atom. The first kappa shape index (κ1) is 14.7. The maximum absolute atomic E-state index is 12.2. The molecule has 0 amide bonds. The number of nitrogens with one attached hydrogen (secondary N) is 1. The molecule has 0 unspecified atom stereocenters. The zero-order valence-electron chi connectivity index (χ0n) is 10.2. The summed E-state index contributed by atoms with van der Waals surface area (Å²) in [6.07, 6.45) is 0. The topological polar surface area (TPSA) is 46.2 Å². The molecule has 1 aromatic heterocycles. The lowest BCUT2D eigenvalue weighted by Crippen LogP contribution is -2.12. The van der Waals surface area contributed by atoms with E-state index in [0.717, 1.165) is 22.5 Å². The van der Waals surface area contributed by atoms with E-state index in [4.69, 9.17) is 23.2 Å². The fraction of sp³-hybridized carbons (Fsp3) is 0.167. The van der Waals surface area contributed by atoms with Gasteiger partial charge in [-0.2, -0.15) is 0 Å². The monoisotopic (exact) mass is 335 g/mol. The average molecular weight is 336 g/mol. The Hall–Kier alpha value is -0.750. The molecule has 0 saturated heterocycles. The van der Waals surface area contributed by atoms with E-state index in [0.29, 0.717) is 10.0 Å². The van der Waals surface area contributed by atoms with E-state index in [1.54, 1.807) is 12.1 Å². The summed E-state index contributed by atoms with van der Waals surface area (Å²) in [7, 11) is -3.71. The van der Waals surface area contributed by atoms with Gasteiger partial charge in [0.1, 0.15) is 9.23 Å². The number of benzene rings is 1. The molecule has 0 aliphatic rings. The molecule has 0 aliphatic carbocycles. The Balaban J connectivity index is 2.36. The van der Waals surface area contributed by atoms with Crippen molar-refractivity contribution in [3.8, 4) is 0 Å². The number of halogens is 2. The Labute approximate surface area is 126 Å². The molecule has 7 heteroatoms. The molecule has 2 rings (SSSR count). The molecule has 0 bridgehead atoms. The SMILES string of the molecule is Cc1ccc(NS(=O)(=O)c2cc(Cl)sc2Cl)cc1C. The molecule has 1 N–H and O–H groups in total. The van der Waals surface area contributed by atoms with E-state index in [2.05, 4.69) is 4.72 Å². The summed E-state index contributed by atoms with van der Waals surface area (Å²) in [5.41, 5.74) is 2.61. The Bertz CT molecular complexity index is 723. The van der Waals surface area contributed by atoms with Crippen molar-refractivity contribution in [2.24, 2.45) is 0 Å². The fourth-order valence-corrected chi connectivity index (χ4v) is 4.72. The second-order valence-electron chi connectivity index (χ2n) is 4.09. The van der Waals surface area contributed by atoms with Crippen molar-refractivity contribution >= 4 is 50.2 Å². The van der Waals surface area contributed by atoms with Crippen molar-refractivity contribution in [3.63, 3.8) is 0 Å². The lowest BCUT2D eigenvalue weighted by Gasteiger charge is -2.09. The standard InChI is InChI=1S/C12H11Cl2NO2S2/c1-7-3-4-9(5-8(7)2)15-19(16,17)10-6-11(13)18-12(10)14/h3-6,15H,1-2H3. The van der Waals surface area contributed by atoms with Crippen molar-refractivity contribution in [2.45, 2.75) is 18.7 Å². The van der Waals surface area contributed by atoms with Gasteiger partial charge in [0.25, 0.3) is 10.0 Å². The maximum atomic E-state index is 12.2. The summed E-state index contributed by atoms with van der Waals surface area (Å²) in [6.45, 7) is 3.88. The van der Waals surface area contributed by atoms with Crippen LogP contribution in [0.15, 0.2) is 29.2 Å². The molecule has 0 aliphatic heterocycles. The van der Waals surface area contributed by atoms with Crippen molar-refractivity contribution in [1.29, 1.82) is 0 Å². The van der Waals surface area contributed by atoms with E-state index in [1.165, 1.54) is 6.07 Å². The van der Waals surface area contributed by atoms with Crippen LogP contribution in [0.2, 0.25) is 8.67 Å². The summed E-state index contributed by atoms with van der Waals surface area (Å²) in [4.78, 5) is 0.00222. The first-order valence-electron chi connectivity index (χ1n) is 5.34. The van der Waals surface area contributed by atoms with Gasteiger partial charge in [0.15, 0.2) is 0 Å². The molecule has 102 valence electrons. The predicted molar refractivity (Wildman–Crippen MR) is 81.1 cm³/mol. The Morgan fingerprint density at radius 2 is 1.79 bits per heavy atom. The van der Waals surface area contributed by atoms with E-state index in [9.17, 15) is 8.42 Å². The summed E-state index contributed by atoms with van der Waals surface area (Å²) >= 11 is 12.7. The molecule has 0 fully saturated rings. The van der Waals surface area contributed by atoms with Crippen molar-refractivity contribution < 1.29 is 8.42 Å². The van der Waals surface area contributed by atoms with Gasteiger partial charge in [0.2, 0.25) is 0 Å². The first-order valence-corrected chi connectivity index (χ1v) is 8.40. The van der Waals surface area contributed by atoms with Crippen molar-refractivity contribution in [2.75, 3.05) is 4.72 Å². The van der Waals surface area contributed by atoms with Crippen LogP contribution in [0.25, 0.3) is 0 Å². The van der Waals surface area contributed by atoms with Crippen molar-refractivity contribution in [1.82, 2.24) is 0 Å². The third kappa shape index (κ3) is 3.23. The minimum atomic E-state index is -3.71. The molecule has 2 aromatic rings. The summed E-state index contributed by atoms with van der Waals surface area (Å²) in [6, 6.07) is 6.68. The largest absolute Gasteiger partial charge is 0.280 e. The van der Waals surface area contributed by atoms with Crippen LogP contribution in [0.3, 0.4) is 0 Å². The van der Waals surface area contributed by atoms with Gasteiger partial charge in [-0.15, -0.1) is 11.3 Å². The van der Waals surface area contributed by atoms with Crippen LogP contribution in [-0.2, 0) is 10.0 Å². The van der Waals surface area contributed by atoms with Crippen LogP contribution in [0.5, 0.6) is 0 Å². The molecule has 1 heterocycles. The lowest BCUT2D eigenvalue weighted by molar-refractivity contribution is 0.601. The number of hydrogen-bond acceptors (Lipinski definition) is 3. The van der Waals surface area contributed by atoms with Crippen molar-refractivity contribution in [3.05, 3.63) is 44.1 Å². The number of sulfonamides is 1. The van der Waals surface area contributed by atoms with Crippen LogP contribution in [-0.4, -0.2) is 8.42 Å². The van der Waals surface area contributed by atoms with E-state index in [1.807, 2.05) is 19.9 Å². The quantitative estimate of drug-likeness (QED) is 0.899. The number of rotatable bonds is 3. The van der Waals surface area contributed by atoms with E-state index in [-0.39, 0.29) is 9.23 Å². The average Bonchev–Trinajstić information content (AvgIpc) is 2.63. The highest BCUT2D eigenvalue weighted by molar-refractivity contribution is 7.93. The molecular formula is C12H11Cl2NO2S2. The van der Waals surface area contributed by atoms with Crippen LogP contribution in [0.1, 0.15) is 11.1 Å². The van der Waals surface area contributed by atoms with Gasteiger partial charge in [-0.1, -0.05) is 29.3 Å². The summed E-state index contributed by atoms with van der Waals surface area (Å²) < 4.78 is 27.4. The number of aryl methyl sites for hydroxylation is 2. The smallest absolute Gasteiger partial charge is 0.264 e. The van der Waals surface area contributed by atoms with Crippen LogP contribution in [0, 0.1) is 13.8 Å². The van der Waals surface area contributed by atoms with E-state index >= 15 is 0 Å². The minimum absolute atomic E-state index is 0.00222. The minimum Gasteiger partial charge on any atom is -0.280 e. The van der Waals surface area contributed by atoms with Gasteiger partial charge in [0.05, 0.1) is 4.34 Å². The number of thiophene rings is 1. The second kappa shape index (κ2) is 5.32. The molecule has 0 saturated carbocycles. The van der Waals surface area contributed by atoms with Gasteiger partial charge >= 0.3 is 0 Å². The lowest BCUT2D eigenvalue weighted by atomic mass is 10.1. The highest BCUT2D eigenvalue weighted by Gasteiger charge is 2.21. The molecular weight excluding hydrogens is 325 g/mol. The molecule has 19 heavy (non-hydrogen) atoms. The summed E-state index contributed by atoms with van der Waals surface area (Å²) in [5.74, 6) is 0. The summed E-state index contributed by atoms with van der Waals surface area (Å²) in [5, 5.41) is 0. The van der Waals surface area contributed by atoms with Crippen LogP contribution < -0.4 is 4.72 Å². The maximum Gasteiger partial charge on any atom is 0.264 e. The molecule has 0 spiro atoms. The first-order chi connectivity index (χ1) is 8.79. The van der Waals surface area contributed by atoms with Crippen LogP contribution >= 0.6 is 34.5 Å². The van der Waals surface area contributed by atoms with Crippen LogP contribution in [0.4, 0.5) is 5.69 Å². The van der Waals surface area contributed by atoms with Gasteiger partial charge in [-0.05, 0) is 43.2 Å². The van der Waals surface area contributed by atoms with Gasteiger partial charge in [0, 0.05) is 5.69 Å². The Kier molecular flexibility index (Phi) is 4.11. The third-order valence-electron chi connectivity index (χ3n) is 2.67. The predicted octanol–water partition coefficient (Wildman–Crippen LogP) is 4.47. The number of anilines is 1. The highest BCUT2D eigenvalue weighted by Crippen LogP contribution is 2.35. The zero-order valence-corrected chi connectivity index (χ0v) is 13.3. The zero-order chi connectivity index (χ0) is 14.2. The van der Waals surface area contributed by atoms with E-state index < -0.39 is 10.0 Å². The Morgan fingerprint density at radius 1 is 1.11 bits per heavy atom. The normalized spacial score (nSPS) is 11.6. The highest BCUT2D eigenvalue weighted by atomic mass is 35.5. The fourth-order valence-electron chi connectivity index (χ4n) is 1.52. The molecule has 0 atom stereocenters. The second-order valence-corrected chi connectivity index (χ2v) is 8.03. The number of hydrogen-bond donors (Lipinski definition) is 1. The van der Waals surface area contributed by atoms with Gasteiger partial charge in [-0.25, -0.2) is 8.42 Å². The molecule has 1 aromatic carbocycles. The molecule has 3 nitrogen and oxygen atoms in total. The third-order valence-corrected chi connectivity index (χ3v) is 5.81. The molecule has 0 radical (unpaired) electrons.